The molecule has 1 aliphatic heterocycles. The van der Waals surface area contributed by atoms with Crippen LogP contribution < -0.4 is 0 Å². The summed E-state index contributed by atoms with van der Waals surface area (Å²) in [5.41, 5.74) is 1.44. The minimum atomic E-state index is -1.03. The molecule has 0 aromatic carbocycles. The highest BCUT2D eigenvalue weighted by atomic mass is 19.1. The van der Waals surface area contributed by atoms with Crippen LogP contribution in [0.2, 0.25) is 0 Å². The summed E-state index contributed by atoms with van der Waals surface area (Å²) in [5.74, 6) is -0.200. The fourth-order valence-electron chi connectivity index (χ4n) is 2.39. The molecule has 17 heavy (non-hydrogen) atoms. The fraction of sp³-hybridized carbons (Fsp3) is 0.583. The molecule has 2 rings (SSSR count). The Labute approximate surface area is 99.6 Å². The van der Waals surface area contributed by atoms with Gasteiger partial charge in [-0.2, -0.15) is 0 Å². The molecule has 1 saturated heterocycles. The molecule has 1 N–H and O–H groups in total. The smallest absolute Gasteiger partial charge is 0.271 e. The average Bonchev–Trinajstić information content (AvgIpc) is 2.82. The van der Waals surface area contributed by atoms with Crippen molar-refractivity contribution in [2.45, 2.75) is 25.6 Å². The lowest BCUT2D eigenvalue weighted by Gasteiger charge is -2.23. The van der Waals surface area contributed by atoms with Crippen molar-refractivity contribution in [3.05, 3.63) is 23.5 Å². The van der Waals surface area contributed by atoms with Crippen molar-refractivity contribution in [2.75, 3.05) is 13.2 Å². The molecule has 2 heterocycles. The van der Waals surface area contributed by atoms with Gasteiger partial charge in [0, 0.05) is 19.7 Å². The Morgan fingerprint density at radius 2 is 2.35 bits per heavy atom. The molecule has 1 aromatic heterocycles. The predicted molar refractivity (Wildman–Crippen MR) is 61.6 cm³/mol. The molecule has 1 aliphatic rings. The van der Waals surface area contributed by atoms with Crippen molar-refractivity contribution < 1.29 is 14.3 Å². The number of aromatic nitrogens is 1. The van der Waals surface area contributed by atoms with E-state index in [1.54, 1.807) is 17.8 Å². The molecule has 0 bridgehead atoms. The topological polar surface area (TPSA) is 45.5 Å². The third-order valence-electron chi connectivity index (χ3n) is 3.31. The standard InChI is InChI=1S/C12H17FN2O2/c1-8-3-4-14(2)11(8)12(17)15-6-9(13)5-10(15)7-16/h3-4,9-10,16H,5-7H2,1-2H3/t9-,10-/m0/s1. The van der Waals surface area contributed by atoms with E-state index < -0.39 is 12.2 Å². The minimum absolute atomic E-state index is 0.0781. The minimum Gasteiger partial charge on any atom is -0.394 e. The van der Waals surface area contributed by atoms with E-state index in [4.69, 9.17) is 0 Å². The normalized spacial score (nSPS) is 24.4. The van der Waals surface area contributed by atoms with Crippen LogP contribution in [0.3, 0.4) is 0 Å². The number of hydrogen-bond acceptors (Lipinski definition) is 2. The number of amides is 1. The molecule has 0 spiro atoms. The molecular formula is C12H17FN2O2. The summed E-state index contributed by atoms with van der Waals surface area (Å²) in [6, 6.07) is 1.45. The highest BCUT2D eigenvalue weighted by Gasteiger charge is 2.36. The second kappa shape index (κ2) is 4.49. The number of rotatable bonds is 2. The molecule has 1 aromatic rings. The van der Waals surface area contributed by atoms with Gasteiger partial charge in [0.25, 0.3) is 5.91 Å². The lowest BCUT2D eigenvalue weighted by molar-refractivity contribution is 0.0662. The van der Waals surface area contributed by atoms with Gasteiger partial charge in [-0.25, -0.2) is 4.39 Å². The van der Waals surface area contributed by atoms with Gasteiger partial charge in [0.2, 0.25) is 0 Å². The molecule has 0 radical (unpaired) electrons. The Morgan fingerprint density at radius 1 is 1.65 bits per heavy atom. The van der Waals surface area contributed by atoms with Gasteiger partial charge < -0.3 is 14.6 Å². The van der Waals surface area contributed by atoms with E-state index >= 15 is 0 Å². The van der Waals surface area contributed by atoms with Crippen LogP contribution in [0, 0.1) is 6.92 Å². The molecule has 5 heteroatoms. The van der Waals surface area contributed by atoms with Crippen LogP contribution in [0.4, 0.5) is 4.39 Å². The summed E-state index contributed by atoms with van der Waals surface area (Å²) in [6.07, 6.45) is 1.00. The molecule has 0 saturated carbocycles. The summed E-state index contributed by atoms with van der Waals surface area (Å²) in [7, 11) is 1.79. The summed E-state index contributed by atoms with van der Waals surface area (Å²) in [5, 5.41) is 9.17. The number of likely N-dealkylation sites (tertiary alicyclic amines) is 1. The SMILES string of the molecule is Cc1ccn(C)c1C(=O)N1C[C@@H](F)C[C@H]1CO. The number of carbonyl (C=O) groups is 1. The van der Waals surface area contributed by atoms with Crippen LogP contribution >= 0.6 is 0 Å². The summed E-state index contributed by atoms with van der Waals surface area (Å²) < 4.78 is 15.0. The van der Waals surface area contributed by atoms with Gasteiger partial charge in [0.15, 0.2) is 0 Å². The molecule has 1 fully saturated rings. The Balaban J connectivity index is 2.26. The first-order valence-electron chi connectivity index (χ1n) is 5.72. The highest BCUT2D eigenvalue weighted by Crippen LogP contribution is 2.23. The monoisotopic (exact) mass is 240 g/mol. The van der Waals surface area contributed by atoms with Gasteiger partial charge in [-0.05, 0) is 18.6 Å². The van der Waals surface area contributed by atoms with Gasteiger partial charge in [0.1, 0.15) is 11.9 Å². The number of alkyl halides is 1. The number of aryl methyl sites for hydroxylation is 2. The number of aliphatic hydroxyl groups is 1. The van der Waals surface area contributed by atoms with Crippen molar-refractivity contribution in [3.8, 4) is 0 Å². The van der Waals surface area contributed by atoms with E-state index in [2.05, 4.69) is 0 Å². The van der Waals surface area contributed by atoms with Gasteiger partial charge in [-0.3, -0.25) is 4.79 Å². The second-order valence-electron chi connectivity index (χ2n) is 4.59. The fourth-order valence-corrected chi connectivity index (χ4v) is 2.39. The molecule has 0 unspecified atom stereocenters. The summed E-state index contributed by atoms with van der Waals surface area (Å²) in [6.45, 7) is 1.74. The van der Waals surface area contributed by atoms with Crippen molar-refractivity contribution in [3.63, 3.8) is 0 Å². The number of carbonyl (C=O) groups excluding carboxylic acids is 1. The molecule has 2 atom stereocenters. The van der Waals surface area contributed by atoms with Gasteiger partial charge in [-0.1, -0.05) is 0 Å². The number of halogens is 1. The zero-order valence-electron chi connectivity index (χ0n) is 10.1. The van der Waals surface area contributed by atoms with Crippen LogP contribution in [0.5, 0.6) is 0 Å². The van der Waals surface area contributed by atoms with Crippen LogP contribution in [-0.2, 0) is 7.05 Å². The number of hydrogen-bond donors (Lipinski definition) is 1. The van der Waals surface area contributed by atoms with Crippen molar-refractivity contribution >= 4 is 5.91 Å². The number of aliphatic hydroxyl groups excluding tert-OH is 1. The predicted octanol–water partition coefficient (Wildman–Crippen LogP) is 0.878. The van der Waals surface area contributed by atoms with Gasteiger partial charge in [-0.15, -0.1) is 0 Å². The number of nitrogens with zero attached hydrogens (tertiary/aromatic N) is 2. The molecule has 4 nitrogen and oxygen atoms in total. The Kier molecular flexibility index (Phi) is 3.19. The molecule has 0 aliphatic carbocycles. The Morgan fingerprint density at radius 3 is 2.88 bits per heavy atom. The Hall–Kier alpha value is -1.36. The summed E-state index contributed by atoms with van der Waals surface area (Å²) >= 11 is 0. The highest BCUT2D eigenvalue weighted by molar-refractivity contribution is 5.94. The van der Waals surface area contributed by atoms with E-state index in [0.717, 1.165) is 5.56 Å². The zero-order chi connectivity index (χ0) is 12.6. The summed E-state index contributed by atoms with van der Waals surface area (Å²) in [4.78, 5) is 13.7. The molecular weight excluding hydrogens is 223 g/mol. The van der Waals surface area contributed by atoms with Crippen molar-refractivity contribution in [1.82, 2.24) is 9.47 Å². The van der Waals surface area contributed by atoms with Gasteiger partial charge >= 0.3 is 0 Å². The average molecular weight is 240 g/mol. The molecule has 1 amide bonds. The van der Waals surface area contributed by atoms with E-state index in [9.17, 15) is 14.3 Å². The lowest BCUT2D eigenvalue weighted by Crippen LogP contribution is -2.39. The van der Waals surface area contributed by atoms with E-state index in [1.165, 1.54) is 4.90 Å². The second-order valence-corrected chi connectivity index (χ2v) is 4.59. The van der Waals surface area contributed by atoms with Gasteiger partial charge in [0.05, 0.1) is 19.2 Å². The quantitative estimate of drug-likeness (QED) is 0.834. The lowest BCUT2D eigenvalue weighted by atomic mass is 10.2. The maximum atomic E-state index is 13.3. The zero-order valence-corrected chi connectivity index (χ0v) is 10.1. The van der Waals surface area contributed by atoms with Crippen LogP contribution in [0.25, 0.3) is 0 Å². The van der Waals surface area contributed by atoms with Crippen LogP contribution in [0.1, 0.15) is 22.5 Å². The third kappa shape index (κ3) is 2.07. The van der Waals surface area contributed by atoms with Crippen LogP contribution in [0.15, 0.2) is 12.3 Å². The first-order chi connectivity index (χ1) is 8.04. The van der Waals surface area contributed by atoms with Crippen molar-refractivity contribution in [1.29, 1.82) is 0 Å². The first kappa shape index (κ1) is 12.1. The van der Waals surface area contributed by atoms with E-state index in [1.807, 2.05) is 13.0 Å². The maximum absolute atomic E-state index is 13.3. The van der Waals surface area contributed by atoms with Crippen molar-refractivity contribution in [2.24, 2.45) is 7.05 Å². The first-order valence-corrected chi connectivity index (χ1v) is 5.72. The molecule has 94 valence electrons. The van der Waals surface area contributed by atoms with E-state index in [0.29, 0.717) is 5.69 Å². The third-order valence-corrected chi connectivity index (χ3v) is 3.31. The largest absolute Gasteiger partial charge is 0.394 e. The van der Waals surface area contributed by atoms with E-state index in [-0.39, 0.29) is 25.5 Å². The van der Waals surface area contributed by atoms with Crippen LogP contribution in [-0.4, -0.2) is 45.8 Å². The Bertz CT molecular complexity index is 411. The maximum Gasteiger partial charge on any atom is 0.271 e.